The Labute approximate surface area is 113 Å². The van der Waals surface area contributed by atoms with E-state index in [9.17, 15) is 9.90 Å². The molecule has 0 saturated carbocycles. The van der Waals surface area contributed by atoms with Crippen LogP contribution in [0.25, 0.3) is 0 Å². The number of rotatable bonds is 7. The van der Waals surface area contributed by atoms with Gasteiger partial charge in [0, 0.05) is 31.9 Å². The molecule has 0 aliphatic rings. The van der Waals surface area contributed by atoms with Gasteiger partial charge in [-0.3, -0.25) is 9.78 Å². The van der Waals surface area contributed by atoms with Gasteiger partial charge in [-0.2, -0.15) is 5.26 Å². The van der Waals surface area contributed by atoms with E-state index in [0.717, 1.165) is 5.56 Å². The number of nitrogens with zero attached hydrogens (tertiary/aromatic N) is 3. The van der Waals surface area contributed by atoms with Crippen molar-refractivity contribution in [2.45, 2.75) is 38.8 Å². The Kier molecular flexibility index (Phi) is 6.55. The average Bonchev–Trinajstić information content (AvgIpc) is 2.41. The Hall–Kier alpha value is -1.93. The van der Waals surface area contributed by atoms with Gasteiger partial charge in [-0.1, -0.05) is 6.07 Å². The first-order valence-electron chi connectivity index (χ1n) is 6.35. The van der Waals surface area contributed by atoms with Crippen molar-refractivity contribution >= 4 is 5.91 Å². The lowest BCUT2D eigenvalue weighted by Crippen LogP contribution is -2.31. The lowest BCUT2D eigenvalue weighted by molar-refractivity contribution is -0.132. The number of pyridine rings is 1. The molecule has 0 saturated heterocycles. The fraction of sp³-hybridized carbons (Fsp3) is 0.500. The minimum absolute atomic E-state index is 0.0417. The summed E-state index contributed by atoms with van der Waals surface area (Å²) in [7, 11) is 0. The number of carbonyl (C=O) groups excluding carboxylic acids is 1. The Bertz CT molecular complexity index is 426. The molecule has 1 aromatic heterocycles. The van der Waals surface area contributed by atoms with Crippen molar-refractivity contribution in [2.24, 2.45) is 0 Å². The summed E-state index contributed by atoms with van der Waals surface area (Å²) in [5.74, 6) is -0.0417. The third kappa shape index (κ3) is 5.98. The number of hydrogen-bond donors (Lipinski definition) is 1. The summed E-state index contributed by atoms with van der Waals surface area (Å²) in [5, 5.41) is 17.9. The molecule has 1 heterocycles. The van der Waals surface area contributed by atoms with Crippen LogP contribution in [0.2, 0.25) is 0 Å². The molecule has 0 bridgehead atoms. The summed E-state index contributed by atoms with van der Waals surface area (Å²) in [6.07, 6.45) is 3.94. The van der Waals surface area contributed by atoms with Crippen molar-refractivity contribution < 1.29 is 9.90 Å². The summed E-state index contributed by atoms with van der Waals surface area (Å²) in [6.45, 7) is 2.52. The largest absolute Gasteiger partial charge is 0.393 e. The van der Waals surface area contributed by atoms with E-state index in [1.54, 1.807) is 24.2 Å². The number of aromatic nitrogens is 1. The summed E-state index contributed by atoms with van der Waals surface area (Å²) >= 11 is 0. The second-order valence-corrected chi connectivity index (χ2v) is 4.47. The van der Waals surface area contributed by atoms with Gasteiger partial charge in [0.1, 0.15) is 0 Å². The topological polar surface area (TPSA) is 77.2 Å². The second-order valence-electron chi connectivity index (χ2n) is 4.47. The van der Waals surface area contributed by atoms with Crippen LogP contribution in [0.4, 0.5) is 0 Å². The maximum absolute atomic E-state index is 12.0. The van der Waals surface area contributed by atoms with E-state index in [4.69, 9.17) is 5.26 Å². The monoisotopic (exact) mass is 261 g/mol. The summed E-state index contributed by atoms with van der Waals surface area (Å²) in [5.41, 5.74) is 0.936. The van der Waals surface area contributed by atoms with E-state index in [-0.39, 0.29) is 5.91 Å². The van der Waals surface area contributed by atoms with Crippen molar-refractivity contribution in [3.05, 3.63) is 30.1 Å². The maximum atomic E-state index is 12.0. The highest BCUT2D eigenvalue weighted by Crippen LogP contribution is 2.08. The van der Waals surface area contributed by atoms with Gasteiger partial charge in [-0.25, -0.2) is 0 Å². The van der Waals surface area contributed by atoms with Crippen molar-refractivity contribution in [3.8, 4) is 6.07 Å². The molecule has 102 valence electrons. The minimum Gasteiger partial charge on any atom is -0.393 e. The summed E-state index contributed by atoms with van der Waals surface area (Å²) in [4.78, 5) is 17.7. The van der Waals surface area contributed by atoms with Crippen LogP contribution in [0.1, 0.15) is 31.7 Å². The molecule has 1 unspecified atom stereocenters. The summed E-state index contributed by atoms with van der Waals surface area (Å²) in [6, 6.07) is 5.76. The standard InChI is InChI=1S/C14H19N3O2/c1-12(18)5-6-14(19)17(9-3-7-15)11-13-4-2-8-16-10-13/h2,4,8,10,12,18H,3,5-6,9,11H2,1H3. The predicted octanol–water partition coefficient (Wildman–Crippen LogP) is 1.48. The summed E-state index contributed by atoms with van der Waals surface area (Å²) < 4.78 is 0. The molecule has 1 atom stereocenters. The maximum Gasteiger partial charge on any atom is 0.222 e. The van der Waals surface area contributed by atoms with Crippen molar-refractivity contribution in [3.63, 3.8) is 0 Å². The van der Waals surface area contributed by atoms with Gasteiger partial charge in [-0.05, 0) is 25.0 Å². The van der Waals surface area contributed by atoms with Crippen molar-refractivity contribution in [1.82, 2.24) is 9.88 Å². The number of carbonyl (C=O) groups is 1. The van der Waals surface area contributed by atoms with Crippen LogP contribution in [-0.2, 0) is 11.3 Å². The SMILES string of the molecule is CC(O)CCC(=O)N(CCC#N)Cc1cccnc1. The van der Waals surface area contributed by atoms with Gasteiger partial charge in [0.25, 0.3) is 0 Å². The molecular weight excluding hydrogens is 242 g/mol. The lowest BCUT2D eigenvalue weighted by Gasteiger charge is -2.22. The lowest BCUT2D eigenvalue weighted by atomic mass is 10.2. The molecule has 1 amide bonds. The zero-order chi connectivity index (χ0) is 14.1. The Morgan fingerprint density at radius 3 is 3.00 bits per heavy atom. The van der Waals surface area contributed by atoms with Gasteiger partial charge in [-0.15, -0.1) is 0 Å². The predicted molar refractivity (Wildman–Crippen MR) is 70.8 cm³/mol. The highest BCUT2D eigenvalue weighted by molar-refractivity contribution is 5.76. The number of nitriles is 1. The van der Waals surface area contributed by atoms with Crippen molar-refractivity contribution in [2.75, 3.05) is 6.54 Å². The first-order chi connectivity index (χ1) is 9.13. The van der Waals surface area contributed by atoms with Crippen LogP contribution in [0, 0.1) is 11.3 Å². The normalized spacial score (nSPS) is 11.6. The Balaban J connectivity index is 2.61. The van der Waals surface area contributed by atoms with Crippen LogP contribution in [-0.4, -0.2) is 33.5 Å². The molecule has 1 rings (SSSR count). The molecule has 0 aromatic carbocycles. The van der Waals surface area contributed by atoms with Crippen LogP contribution in [0.5, 0.6) is 0 Å². The number of hydrogen-bond acceptors (Lipinski definition) is 4. The van der Waals surface area contributed by atoms with E-state index in [2.05, 4.69) is 4.98 Å². The van der Waals surface area contributed by atoms with Crippen LogP contribution < -0.4 is 0 Å². The van der Waals surface area contributed by atoms with Gasteiger partial charge < -0.3 is 10.0 Å². The van der Waals surface area contributed by atoms with E-state index in [1.165, 1.54) is 0 Å². The molecule has 1 aromatic rings. The number of aliphatic hydroxyl groups excluding tert-OH is 1. The molecule has 0 spiro atoms. The second kappa shape index (κ2) is 8.22. The third-order valence-corrected chi connectivity index (χ3v) is 2.72. The van der Waals surface area contributed by atoms with Crippen LogP contribution >= 0.6 is 0 Å². The quantitative estimate of drug-likeness (QED) is 0.806. The van der Waals surface area contributed by atoms with Gasteiger partial charge >= 0.3 is 0 Å². The third-order valence-electron chi connectivity index (χ3n) is 2.72. The average molecular weight is 261 g/mol. The van der Waals surface area contributed by atoms with E-state index < -0.39 is 6.10 Å². The van der Waals surface area contributed by atoms with Crippen LogP contribution in [0.3, 0.4) is 0 Å². The highest BCUT2D eigenvalue weighted by atomic mass is 16.3. The van der Waals surface area contributed by atoms with Gasteiger partial charge in [0.2, 0.25) is 5.91 Å². The van der Waals surface area contributed by atoms with E-state index >= 15 is 0 Å². The zero-order valence-electron chi connectivity index (χ0n) is 11.1. The highest BCUT2D eigenvalue weighted by Gasteiger charge is 2.14. The van der Waals surface area contributed by atoms with Gasteiger partial charge in [0.05, 0.1) is 18.6 Å². The molecule has 0 fully saturated rings. The molecule has 0 aliphatic carbocycles. The van der Waals surface area contributed by atoms with Crippen LogP contribution in [0.15, 0.2) is 24.5 Å². The molecule has 1 N–H and O–H groups in total. The first kappa shape index (κ1) is 15.1. The fourth-order valence-electron chi connectivity index (χ4n) is 1.68. The molecule has 0 aliphatic heterocycles. The smallest absolute Gasteiger partial charge is 0.222 e. The van der Waals surface area contributed by atoms with Crippen molar-refractivity contribution in [1.29, 1.82) is 5.26 Å². The van der Waals surface area contributed by atoms with E-state index in [0.29, 0.717) is 32.4 Å². The Morgan fingerprint density at radius 2 is 2.42 bits per heavy atom. The molecule has 5 nitrogen and oxygen atoms in total. The molecule has 5 heteroatoms. The molecule has 0 radical (unpaired) electrons. The number of amides is 1. The first-order valence-corrected chi connectivity index (χ1v) is 6.35. The van der Waals surface area contributed by atoms with Gasteiger partial charge in [0.15, 0.2) is 0 Å². The minimum atomic E-state index is -0.486. The fourth-order valence-corrected chi connectivity index (χ4v) is 1.68. The Morgan fingerprint density at radius 1 is 1.63 bits per heavy atom. The molecular formula is C14H19N3O2. The zero-order valence-corrected chi connectivity index (χ0v) is 11.1. The molecule has 19 heavy (non-hydrogen) atoms. The van der Waals surface area contributed by atoms with E-state index in [1.807, 2.05) is 18.2 Å². The number of aliphatic hydroxyl groups is 1.